The standard InChI is InChI=1S/C19H20N8/c1-12-9-20-27(24-12)18-8-17(21-13(2)22-18)26-10-14(11-26)19-23-15-6-4-5-7-16(15)25(19)3/h4-9,14H,10-11H2,1-3H3. The van der Waals surface area contributed by atoms with Crippen LogP contribution in [0.4, 0.5) is 5.82 Å². The Kier molecular flexibility index (Phi) is 3.46. The number of aryl methyl sites for hydroxylation is 3. The van der Waals surface area contributed by atoms with Crippen molar-refractivity contribution in [1.29, 1.82) is 0 Å². The van der Waals surface area contributed by atoms with Gasteiger partial charge in [-0.1, -0.05) is 12.1 Å². The summed E-state index contributed by atoms with van der Waals surface area (Å²) in [6, 6.07) is 10.2. The SMILES string of the molecule is Cc1cnn(-c2cc(N3CC(c4nc5ccccc5n4C)C3)nc(C)n2)n1. The highest BCUT2D eigenvalue weighted by molar-refractivity contribution is 5.76. The fourth-order valence-corrected chi connectivity index (χ4v) is 3.61. The summed E-state index contributed by atoms with van der Waals surface area (Å²) in [6.45, 7) is 5.58. The van der Waals surface area contributed by atoms with Gasteiger partial charge in [-0.2, -0.15) is 10.2 Å². The number of para-hydroxylation sites is 2. The van der Waals surface area contributed by atoms with Crippen LogP contribution < -0.4 is 4.90 Å². The van der Waals surface area contributed by atoms with E-state index in [2.05, 4.69) is 54.9 Å². The molecule has 8 nitrogen and oxygen atoms in total. The van der Waals surface area contributed by atoms with Crippen LogP contribution in [0.1, 0.15) is 23.3 Å². The number of imidazole rings is 1. The molecule has 0 radical (unpaired) electrons. The van der Waals surface area contributed by atoms with Crippen LogP contribution >= 0.6 is 0 Å². The first-order chi connectivity index (χ1) is 13.1. The van der Waals surface area contributed by atoms with Crippen LogP contribution in [0.25, 0.3) is 16.9 Å². The molecule has 3 aromatic heterocycles. The first-order valence-corrected chi connectivity index (χ1v) is 9.00. The third-order valence-electron chi connectivity index (χ3n) is 5.01. The Morgan fingerprint density at radius 2 is 1.78 bits per heavy atom. The molecule has 1 aliphatic heterocycles. The Morgan fingerprint density at radius 1 is 1.00 bits per heavy atom. The van der Waals surface area contributed by atoms with E-state index in [4.69, 9.17) is 4.98 Å². The van der Waals surface area contributed by atoms with E-state index in [0.29, 0.717) is 17.6 Å². The summed E-state index contributed by atoms with van der Waals surface area (Å²) in [7, 11) is 2.09. The fraction of sp³-hybridized carbons (Fsp3) is 0.316. The predicted octanol–water partition coefficient (Wildman–Crippen LogP) is 2.16. The molecule has 136 valence electrons. The Hall–Kier alpha value is -3.29. The maximum Gasteiger partial charge on any atom is 0.179 e. The van der Waals surface area contributed by atoms with Crippen molar-refractivity contribution >= 4 is 16.9 Å². The van der Waals surface area contributed by atoms with Gasteiger partial charge in [-0.3, -0.25) is 0 Å². The molecule has 5 rings (SSSR count). The maximum absolute atomic E-state index is 4.83. The predicted molar refractivity (Wildman–Crippen MR) is 102 cm³/mol. The van der Waals surface area contributed by atoms with Gasteiger partial charge >= 0.3 is 0 Å². The molecule has 27 heavy (non-hydrogen) atoms. The largest absolute Gasteiger partial charge is 0.355 e. The van der Waals surface area contributed by atoms with Crippen molar-refractivity contribution in [2.24, 2.45) is 7.05 Å². The molecule has 0 N–H and O–H groups in total. The van der Waals surface area contributed by atoms with Crippen LogP contribution in [-0.4, -0.2) is 47.6 Å². The average molecular weight is 360 g/mol. The lowest BCUT2D eigenvalue weighted by molar-refractivity contribution is 0.485. The van der Waals surface area contributed by atoms with Gasteiger partial charge < -0.3 is 9.47 Å². The van der Waals surface area contributed by atoms with Crippen LogP contribution in [0.5, 0.6) is 0 Å². The number of rotatable bonds is 3. The Labute approximate surface area is 156 Å². The van der Waals surface area contributed by atoms with Crippen LogP contribution in [0.2, 0.25) is 0 Å². The Bertz CT molecular complexity index is 1140. The molecule has 1 aromatic carbocycles. The Morgan fingerprint density at radius 3 is 2.52 bits per heavy atom. The molecule has 8 heteroatoms. The molecule has 1 saturated heterocycles. The van der Waals surface area contributed by atoms with E-state index in [1.807, 2.05) is 26.0 Å². The van der Waals surface area contributed by atoms with Crippen molar-refractivity contribution in [3.05, 3.63) is 53.9 Å². The lowest BCUT2D eigenvalue weighted by Crippen LogP contribution is -2.46. The topological polar surface area (TPSA) is 77.5 Å². The zero-order valence-corrected chi connectivity index (χ0v) is 15.5. The van der Waals surface area contributed by atoms with Crippen molar-refractivity contribution in [1.82, 2.24) is 34.5 Å². The summed E-state index contributed by atoms with van der Waals surface area (Å²) < 4.78 is 2.20. The minimum absolute atomic E-state index is 0.395. The molecular weight excluding hydrogens is 340 g/mol. The van der Waals surface area contributed by atoms with Crippen molar-refractivity contribution in [2.75, 3.05) is 18.0 Å². The third-order valence-corrected chi connectivity index (χ3v) is 5.01. The maximum atomic E-state index is 4.83. The van der Waals surface area contributed by atoms with E-state index >= 15 is 0 Å². The number of benzene rings is 1. The van der Waals surface area contributed by atoms with Crippen molar-refractivity contribution in [2.45, 2.75) is 19.8 Å². The van der Waals surface area contributed by atoms with E-state index in [9.17, 15) is 0 Å². The van der Waals surface area contributed by atoms with Gasteiger partial charge in [0.2, 0.25) is 0 Å². The average Bonchev–Trinajstić information content (AvgIpc) is 3.18. The van der Waals surface area contributed by atoms with Crippen molar-refractivity contribution in [3.8, 4) is 5.82 Å². The van der Waals surface area contributed by atoms with Gasteiger partial charge in [0.15, 0.2) is 5.82 Å². The summed E-state index contributed by atoms with van der Waals surface area (Å²) >= 11 is 0. The number of anilines is 1. The molecule has 0 aliphatic carbocycles. The summed E-state index contributed by atoms with van der Waals surface area (Å²) in [6.07, 6.45) is 1.72. The van der Waals surface area contributed by atoms with E-state index < -0.39 is 0 Å². The highest BCUT2D eigenvalue weighted by Crippen LogP contribution is 2.32. The first-order valence-electron chi connectivity index (χ1n) is 9.00. The lowest BCUT2D eigenvalue weighted by atomic mass is 9.99. The molecule has 0 unspecified atom stereocenters. The van der Waals surface area contributed by atoms with Crippen LogP contribution in [0.15, 0.2) is 36.5 Å². The second-order valence-electron chi connectivity index (χ2n) is 7.03. The molecule has 0 saturated carbocycles. The second kappa shape index (κ2) is 5.87. The molecule has 4 aromatic rings. The van der Waals surface area contributed by atoms with E-state index in [-0.39, 0.29) is 0 Å². The minimum Gasteiger partial charge on any atom is -0.355 e. The normalized spacial score (nSPS) is 14.7. The molecule has 0 spiro atoms. The second-order valence-corrected chi connectivity index (χ2v) is 7.03. The highest BCUT2D eigenvalue weighted by Gasteiger charge is 2.33. The number of nitrogens with zero attached hydrogens (tertiary/aromatic N) is 8. The van der Waals surface area contributed by atoms with E-state index in [1.54, 1.807) is 11.0 Å². The van der Waals surface area contributed by atoms with Gasteiger partial charge in [-0.25, -0.2) is 15.0 Å². The molecule has 1 aliphatic rings. The summed E-state index contributed by atoms with van der Waals surface area (Å²) in [4.78, 5) is 17.7. The number of hydrogen-bond acceptors (Lipinski definition) is 6. The van der Waals surface area contributed by atoms with Crippen LogP contribution in [0, 0.1) is 13.8 Å². The van der Waals surface area contributed by atoms with Gasteiger partial charge in [0.05, 0.1) is 28.8 Å². The highest BCUT2D eigenvalue weighted by atomic mass is 15.5. The first kappa shape index (κ1) is 15.9. The zero-order valence-electron chi connectivity index (χ0n) is 15.5. The lowest BCUT2D eigenvalue weighted by Gasteiger charge is -2.39. The van der Waals surface area contributed by atoms with Crippen LogP contribution in [0.3, 0.4) is 0 Å². The molecule has 0 amide bonds. The summed E-state index contributed by atoms with van der Waals surface area (Å²) in [5.74, 6) is 3.83. The van der Waals surface area contributed by atoms with Gasteiger partial charge in [0, 0.05) is 26.2 Å². The summed E-state index contributed by atoms with van der Waals surface area (Å²) in [5, 5.41) is 8.60. The van der Waals surface area contributed by atoms with Crippen LogP contribution in [-0.2, 0) is 7.05 Å². The smallest absolute Gasteiger partial charge is 0.179 e. The van der Waals surface area contributed by atoms with Crippen molar-refractivity contribution in [3.63, 3.8) is 0 Å². The minimum atomic E-state index is 0.395. The quantitative estimate of drug-likeness (QED) is 0.557. The number of aromatic nitrogens is 7. The van der Waals surface area contributed by atoms with Gasteiger partial charge in [-0.05, 0) is 26.0 Å². The van der Waals surface area contributed by atoms with E-state index in [0.717, 1.165) is 35.9 Å². The summed E-state index contributed by atoms with van der Waals surface area (Å²) in [5.41, 5.74) is 3.08. The molecule has 4 heterocycles. The fourth-order valence-electron chi connectivity index (χ4n) is 3.61. The van der Waals surface area contributed by atoms with E-state index in [1.165, 1.54) is 5.52 Å². The number of fused-ring (bicyclic) bond motifs is 1. The van der Waals surface area contributed by atoms with Gasteiger partial charge in [0.1, 0.15) is 17.5 Å². The molecule has 1 fully saturated rings. The van der Waals surface area contributed by atoms with Crippen molar-refractivity contribution < 1.29 is 0 Å². The molecule has 0 atom stereocenters. The zero-order chi connectivity index (χ0) is 18.5. The molecular formula is C19H20N8. The third kappa shape index (κ3) is 2.64. The van der Waals surface area contributed by atoms with Gasteiger partial charge in [0.25, 0.3) is 0 Å². The Balaban J connectivity index is 1.40. The monoisotopic (exact) mass is 360 g/mol. The number of hydrogen-bond donors (Lipinski definition) is 0. The van der Waals surface area contributed by atoms with Gasteiger partial charge in [-0.15, -0.1) is 4.80 Å². The molecule has 0 bridgehead atoms.